The molecule has 1 aromatic carbocycles. The van der Waals surface area contributed by atoms with Crippen molar-refractivity contribution in [2.24, 2.45) is 0 Å². The quantitative estimate of drug-likeness (QED) is 0.604. The summed E-state index contributed by atoms with van der Waals surface area (Å²) in [4.78, 5) is 18.2. The number of aliphatic hydroxyl groups excluding tert-OH is 1. The number of nitrogens with two attached hydrogens (primary N) is 1. The molecule has 0 spiro atoms. The molecule has 1 unspecified atom stereocenters. The van der Waals surface area contributed by atoms with Crippen LogP contribution in [-0.2, 0) is 0 Å². The lowest BCUT2D eigenvalue weighted by molar-refractivity contribution is 0.176. The van der Waals surface area contributed by atoms with Gasteiger partial charge in [-0.2, -0.15) is 0 Å². The van der Waals surface area contributed by atoms with Gasteiger partial charge in [0.15, 0.2) is 0 Å². The number of aromatic nitrogens is 2. The molecule has 1 heterocycles. The van der Waals surface area contributed by atoms with E-state index in [2.05, 4.69) is 15.3 Å². The zero-order valence-electron chi connectivity index (χ0n) is 10.8. The summed E-state index contributed by atoms with van der Waals surface area (Å²) in [5.74, 6) is 0. The van der Waals surface area contributed by atoms with Crippen molar-refractivity contribution in [3.63, 3.8) is 0 Å². The van der Waals surface area contributed by atoms with E-state index in [-0.39, 0.29) is 5.56 Å². The van der Waals surface area contributed by atoms with E-state index in [1.165, 1.54) is 6.33 Å². The Labute approximate surface area is 110 Å². The monoisotopic (exact) mass is 262 g/mol. The summed E-state index contributed by atoms with van der Waals surface area (Å²) in [5.41, 5.74) is 7.40. The molecule has 6 heteroatoms. The van der Waals surface area contributed by atoms with Crippen molar-refractivity contribution in [3.8, 4) is 0 Å². The predicted octanol–water partition coefficient (Wildman–Crippen LogP) is 1.08. The van der Waals surface area contributed by atoms with Gasteiger partial charge >= 0.3 is 0 Å². The molecule has 0 aliphatic heterocycles. The number of anilines is 2. The minimum Gasteiger partial charge on any atom is -0.397 e. The van der Waals surface area contributed by atoms with E-state index in [0.29, 0.717) is 28.8 Å². The number of hydrogen-bond acceptors (Lipinski definition) is 5. The fourth-order valence-corrected chi connectivity index (χ4v) is 1.95. The molecule has 0 fully saturated rings. The van der Waals surface area contributed by atoms with Gasteiger partial charge in [-0.25, -0.2) is 4.98 Å². The van der Waals surface area contributed by atoms with Crippen LogP contribution in [0.5, 0.6) is 0 Å². The molecule has 2 aromatic rings. The molecule has 19 heavy (non-hydrogen) atoms. The highest BCUT2D eigenvalue weighted by Crippen LogP contribution is 2.22. The first-order valence-electron chi connectivity index (χ1n) is 6.30. The summed E-state index contributed by atoms with van der Waals surface area (Å²) in [6.07, 6.45) is 2.61. The van der Waals surface area contributed by atoms with Crippen molar-refractivity contribution >= 4 is 22.3 Å². The number of nitrogen functional groups attached to an aromatic ring is 1. The molecule has 1 aromatic heterocycles. The standard InChI is InChI=1S/C13H18N4O2/c1-2-3-8(18)6-15-12-5-11-9(4-10(12)14)13(19)17-7-16-11/h4-5,7-8,15,18H,2-3,6,14H2,1H3,(H,16,17,19). The maximum atomic E-state index is 11.6. The van der Waals surface area contributed by atoms with Crippen molar-refractivity contribution in [2.75, 3.05) is 17.6 Å². The first kappa shape index (κ1) is 13.4. The predicted molar refractivity (Wildman–Crippen MR) is 76.2 cm³/mol. The van der Waals surface area contributed by atoms with E-state index >= 15 is 0 Å². The summed E-state index contributed by atoms with van der Waals surface area (Å²) in [6, 6.07) is 3.31. The van der Waals surface area contributed by atoms with Gasteiger partial charge in [0.25, 0.3) is 5.56 Å². The van der Waals surface area contributed by atoms with Crippen LogP contribution in [-0.4, -0.2) is 27.7 Å². The Kier molecular flexibility index (Phi) is 4.01. The molecule has 0 saturated heterocycles. The number of nitrogens with one attached hydrogen (secondary N) is 2. The molecule has 2 rings (SSSR count). The number of H-pyrrole nitrogens is 1. The Hall–Kier alpha value is -2.08. The molecule has 0 bridgehead atoms. The van der Waals surface area contributed by atoms with Crippen molar-refractivity contribution in [1.29, 1.82) is 0 Å². The van der Waals surface area contributed by atoms with Crippen LogP contribution in [0.1, 0.15) is 19.8 Å². The number of aliphatic hydroxyl groups is 1. The molecule has 0 radical (unpaired) electrons. The fourth-order valence-electron chi connectivity index (χ4n) is 1.95. The molecule has 102 valence electrons. The Balaban J connectivity index is 2.24. The lowest BCUT2D eigenvalue weighted by atomic mass is 10.1. The van der Waals surface area contributed by atoms with Crippen molar-refractivity contribution in [2.45, 2.75) is 25.9 Å². The highest BCUT2D eigenvalue weighted by Gasteiger charge is 2.07. The summed E-state index contributed by atoms with van der Waals surface area (Å²) >= 11 is 0. The van der Waals surface area contributed by atoms with Crippen LogP contribution in [0.25, 0.3) is 10.9 Å². The van der Waals surface area contributed by atoms with Gasteiger partial charge < -0.3 is 21.1 Å². The third-order valence-corrected chi connectivity index (χ3v) is 2.96. The van der Waals surface area contributed by atoms with Gasteiger partial charge in [-0.3, -0.25) is 4.79 Å². The van der Waals surface area contributed by atoms with Crippen LogP contribution in [0.3, 0.4) is 0 Å². The Morgan fingerprint density at radius 3 is 3.05 bits per heavy atom. The van der Waals surface area contributed by atoms with Crippen molar-refractivity contribution in [3.05, 3.63) is 28.8 Å². The zero-order valence-corrected chi connectivity index (χ0v) is 10.8. The summed E-state index contributed by atoms with van der Waals surface area (Å²) in [6.45, 7) is 2.44. The van der Waals surface area contributed by atoms with Crippen LogP contribution >= 0.6 is 0 Å². The first-order valence-corrected chi connectivity index (χ1v) is 6.30. The average Bonchev–Trinajstić information content (AvgIpc) is 2.38. The van der Waals surface area contributed by atoms with E-state index < -0.39 is 6.10 Å². The smallest absolute Gasteiger partial charge is 0.258 e. The third kappa shape index (κ3) is 3.03. The minimum absolute atomic E-state index is 0.214. The average molecular weight is 262 g/mol. The molecule has 0 saturated carbocycles. The molecular weight excluding hydrogens is 244 g/mol. The Morgan fingerprint density at radius 1 is 1.53 bits per heavy atom. The van der Waals surface area contributed by atoms with Crippen molar-refractivity contribution < 1.29 is 5.11 Å². The topological polar surface area (TPSA) is 104 Å². The number of nitrogens with zero attached hydrogens (tertiary/aromatic N) is 1. The third-order valence-electron chi connectivity index (χ3n) is 2.96. The molecule has 0 amide bonds. The highest BCUT2D eigenvalue weighted by atomic mass is 16.3. The molecule has 1 atom stereocenters. The van der Waals surface area contributed by atoms with Gasteiger partial charge in [-0.15, -0.1) is 0 Å². The summed E-state index contributed by atoms with van der Waals surface area (Å²) in [7, 11) is 0. The molecule has 5 N–H and O–H groups in total. The second-order valence-electron chi connectivity index (χ2n) is 4.51. The first-order chi connectivity index (χ1) is 9.11. The molecule has 0 aliphatic carbocycles. The number of aromatic amines is 1. The Morgan fingerprint density at radius 2 is 2.32 bits per heavy atom. The molecule has 0 aliphatic rings. The SMILES string of the molecule is CCCC(O)CNc1cc2nc[nH]c(=O)c2cc1N. The Bertz CT molecular complexity index is 624. The maximum Gasteiger partial charge on any atom is 0.258 e. The van der Waals surface area contributed by atoms with E-state index in [4.69, 9.17) is 5.73 Å². The van der Waals surface area contributed by atoms with Gasteiger partial charge in [-0.1, -0.05) is 13.3 Å². The second kappa shape index (κ2) is 5.71. The van der Waals surface area contributed by atoms with E-state index in [1.54, 1.807) is 12.1 Å². The van der Waals surface area contributed by atoms with Gasteiger partial charge in [0.2, 0.25) is 0 Å². The summed E-state index contributed by atoms with van der Waals surface area (Å²) in [5, 5.41) is 13.2. The maximum absolute atomic E-state index is 11.6. The lowest BCUT2D eigenvalue weighted by Gasteiger charge is -2.13. The van der Waals surface area contributed by atoms with E-state index in [1.807, 2.05) is 6.92 Å². The van der Waals surface area contributed by atoms with Crippen LogP contribution in [0, 0.1) is 0 Å². The van der Waals surface area contributed by atoms with Crippen molar-refractivity contribution in [1.82, 2.24) is 9.97 Å². The minimum atomic E-state index is -0.410. The van der Waals surface area contributed by atoms with Gasteiger partial charge in [0.1, 0.15) is 0 Å². The van der Waals surface area contributed by atoms with Crippen LogP contribution < -0.4 is 16.6 Å². The van der Waals surface area contributed by atoms with Crippen LogP contribution in [0.4, 0.5) is 11.4 Å². The normalized spacial score (nSPS) is 12.5. The number of fused-ring (bicyclic) bond motifs is 1. The largest absolute Gasteiger partial charge is 0.397 e. The number of benzene rings is 1. The summed E-state index contributed by atoms with van der Waals surface area (Å²) < 4.78 is 0. The highest BCUT2D eigenvalue weighted by molar-refractivity contribution is 5.88. The second-order valence-corrected chi connectivity index (χ2v) is 4.51. The number of rotatable bonds is 5. The van der Waals surface area contributed by atoms with Gasteiger partial charge in [0.05, 0.1) is 34.7 Å². The van der Waals surface area contributed by atoms with E-state index in [9.17, 15) is 9.90 Å². The fraction of sp³-hybridized carbons (Fsp3) is 0.385. The van der Waals surface area contributed by atoms with Gasteiger partial charge in [-0.05, 0) is 18.6 Å². The zero-order chi connectivity index (χ0) is 13.8. The van der Waals surface area contributed by atoms with Crippen LogP contribution in [0.2, 0.25) is 0 Å². The molecule has 6 nitrogen and oxygen atoms in total. The van der Waals surface area contributed by atoms with Gasteiger partial charge in [0, 0.05) is 6.54 Å². The number of hydrogen-bond donors (Lipinski definition) is 4. The lowest BCUT2D eigenvalue weighted by Crippen LogP contribution is -2.19. The van der Waals surface area contributed by atoms with E-state index in [0.717, 1.165) is 12.8 Å². The van der Waals surface area contributed by atoms with Crippen LogP contribution in [0.15, 0.2) is 23.3 Å². The molecular formula is C13H18N4O2.